The molecule has 0 amide bonds. The van der Waals surface area contributed by atoms with Crippen molar-refractivity contribution >= 4 is 23.2 Å². The molecule has 0 radical (unpaired) electrons. The van der Waals surface area contributed by atoms with E-state index in [0.717, 1.165) is 0 Å². The first-order chi connectivity index (χ1) is 8.86. The zero-order chi connectivity index (χ0) is 14.0. The quantitative estimate of drug-likeness (QED) is 0.939. The minimum atomic E-state index is -0.657. The van der Waals surface area contributed by atoms with Crippen LogP contribution >= 0.6 is 23.2 Å². The van der Waals surface area contributed by atoms with Gasteiger partial charge in [-0.3, -0.25) is 0 Å². The van der Waals surface area contributed by atoms with Gasteiger partial charge in [0, 0.05) is 11.1 Å². The normalized spacial score (nSPS) is 11.6. The number of hydrogen-bond acceptors (Lipinski definition) is 5. The fraction of sp³-hybridized carbons (Fsp3) is 0.333. The van der Waals surface area contributed by atoms with Crippen molar-refractivity contribution in [3.8, 4) is 5.75 Å². The molecule has 0 saturated carbocycles. The number of ether oxygens (including phenoxy) is 1. The van der Waals surface area contributed by atoms with Crippen LogP contribution in [0.25, 0.3) is 0 Å². The molecule has 19 heavy (non-hydrogen) atoms. The number of hydrogen-bond donors (Lipinski definition) is 1. The van der Waals surface area contributed by atoms with Crippen molar-refractivity contribution in [3.05, 3.63) is 40.0 Å². The van der Waals surface area contributed by atoms with Crippen molar-refractivity contribution in [2.24, 2.45) is 5.73 Å². The molecule has 0 saturated heterocycles. The number of rotatable bonds is 4. The lowest BCUT2D eigenvalue weighted by molar-refractivity contribution is 0.242. The molecule has 1 aromatic carbocycles. The third kappa shape index (κ3) is 3.59. The zero-order valence-corrected chi connectivity index (χ0v) is 12.0. The van der Waals surface area contributed by atoms with Crippen molar-refractivity contribution in [2.45, 2.75) is 26.0 Å². The van der Waals surface area contributed by atoms with E-state index in [1.54, 1.807) is 32.0 Å². The van der Waals surface area contributed by atoms with E-state index in [1.807, 2.05) is 0 Å². The molecule has 0 bridgehead atoms. The van der Waals surface area contributed by atoms with Crippen molar-refractivity contribution < 1.29 is 9.26 Å². The molecule has 7 heteroatoms. The van der Waals surface area contributed by atoms with Gasteiger partial charge in [-0.05, 0) is 26.0 Å². The smallest absolute Gasteiger partial charge is 0.264 e. The molecule has 1 heterocycles. The number of nitrogens with zero attached hydrogens (tertiary/aromatic N) is 2. The third-order valence-electron chi connectivity index (χ3n) is 2.29. The van der Waals surface area contributed by atoms with Gasteiger partial charge in [0.2, 0.25) is 0 Å². The van der Waals surface area contributed by atoms with Crippen LogP contribution in [0.3, 0.4) is 0 Å². The van der Waals surface area contributed by atoms with Crippen LogP contribution < -0.4 is 10.5 Å². The summed E-state index contributed by atoms with van der Waals surface area (Å²) in [6, 6.07) is 4.95. The lowest BCUT2D eigenvalue weighted by Crippen LogP contribution is -2.30. The number of nitrogens with two attached hydrogens (primary N) is 1. The molecule has 0 aliphatic heterocycles. The first-order valence-corrected chi connectivity index (χ1v) is 6.31. The second kappa shape index (κ2) is 5.36. The van der Waals surface area contributed by atoms with E-state index in [1.165, 1.54) is 0 Å². The predicted octanol–water partition coefficient (Wildman–Crippen LogP) is 3.15. The Labute approximate surface area is 120 Å². The van der Waals surface area contributed by atoms with Crippen LogP contribution in [0.15, 0.2) is 22.7 Å². The van der Waals surface area contributed by atoms with Gasteiger partial charge in [-0.25, -0.2) is 0 Å². The van der Waals surface area contributed by atoms with Gasteiger partial charge in [0.15, 0.2) is 12.4 Å². The van der Waals surface area contributed by atoms with E-state index in [-0.39, 0.29) is 6.61 Å². The molecule has 0 aliphatic rings. The molecule has 5 nitrogen and oxygen atoms in total. The summed E-state index contributed by atoms with van der Waals surface area (Å²) in [7, 11) is 0. The van der Waals surface area contributed by atoms with Gasteiger partial charge in [0.1, 0.15) is 5.75 Å². The average molecular weight is 302 g/mol. The summed E-state index contributed by atoms with van der Waals surface area (Å²) in [4.78, 5) is 4.14. The minimum absolute atomic E-state index is 0.100. The van der Waals surface area contributed by atoms with Crippen molar-refractivity contribution in [2.75, 3.05) is 0 Å². The summed E-state index contributed by atoms with van der Waals surface area (Å²) in [6.07, 6.45) is 0. The van der Waals surface area contributed by atoms with E-state index >= 15 is 0 Å². The van der Waals surface area contributed by atoms with E-state index in [4.69, 9.17) is 38.2 Å². The number of aromatic nitrogens is 2. The summed E-state index contributed by atoms with van der Waals surface area (Å²) in [5.41, 5.74) is 5.20. The maximum absolute atomic E-state index is 5.97. The molecule has 0 unspecified atom stereocenters. The van der Waals surface area contributed by atoms with Crippen LogP contribution in [0.1, 0.15) is 25.6 Å². The molecule has 0 atom stereocenters. The van der Waals surface area contributed by atoms with Gasteiger partial charge in [0.05, 0.1) is 10.6 Å². The van der Waals surface area contributed by atoms with Gasteiger partial charge in [-0.2, -0.15) is 4.98 Å². The first-order valence-electron chi connectivity index (χ1n) is 5.56. The lowest BCUT2D eigenvalue weighted by Gasteiger charge is -2.11. The summed E-state index contributed by atoms with van der Waals surface area (Å²) in [5.74, 6) is 1.20. The average Bonchev–Trinajstić information content (AvgIpc) is 2.79. The molecule has 2 aromatic rings. The van der Waals surface area contributed by atoms with Crippen molar-refractivity contribution in [1.29, 1.82) is 0 Å². The molecule has 0 spiro atoms. The third-order valence-corrected chi connectivity index (χ3v) is 2.84. The fourth-order valence-corrected chi connectivity index (χ4v) is 1.64. The van der Waals surface area contributed by atoms with Gasteiger partial charge in [-0.1, -0.05) is 28.4 Å². The highest BCUT2D eigenvalue weighted by atomic mass is 35.5. The Morgan fingerprint density at radius 2 is 2.11 bits per heavy atom. The Bertz CT molecular complexity index is 579. The highest BCUT2D eigenvalue weighted by Crippen LogP contribution is 2.28. The van der Waals surface area contributed by atoms with Crippen molar-refractivity contribution in [3.63, 3.8) is 0 Å². The van der Waals surface area contributed by atoms with Crippen LogP contribution in [0, 0.1) is 0 Å². The monoisotopic (exact) mass is 301 g/mol. The molecule has 0 aliphatic carbocycles. The van der Waals surface area contributed by atoms with E-state index in [2.05, 4.69) is 10.1 Å². The van der Waals surface area contributed by atoms with E-state index < -0.39 is 5.54 Å². The van der Waals surface area contributed by atoms with Gasteiger partial charge in [-0.15, -0.1) is 0 Å². The van der Waals surface area contributed by atoms with Crippen LogP contribution in [0.5, 0.6) is 5.75 Å². The molecule has 1 aromatic heterocycles. The van der Waals surface area contributed by atoms with E-state index in [0.29, 0.717) is 27.5 Å². The van der Waals surface area contributed by atoms with E-state index in [9.17, 15) is 0 Å². The van der Waals surface area contributed by atoms with Gasteiger partial charge in [0.25, 0.3) is 5.89 Å². The van der Waals surface area contributed by atoms with Crippen LogP contribution in [0.4, 0.5) is 0 Å². The summed E-state index contributed by atoms with van der Waals surface area (Å²) in [6.45, 7) is 3.68. The van der Waals surface area contributed by atoms with Crippen LogP contribution in [-0.4, -0.2) is 10.1 Å². The molecule has 2 rings (SSSR count). The van der Waals surface area contributed by atoms with Crippen LogP contribution in [0.2, 0.25) is 10.0 Å². The largest absolute Gasteiger partial charge is 0.482 e. The molecule has 2 N–H and O–H groups in total. The van der Waals surface area contributed by atoms with Gasteiger partial charge < -0.3 is 15.0 Å². The maximum atomic E-state index is 5.97. The Morgan fingerprint density at radius 3 is 2.74 bits per heavy atom. The Balaban J connectivity index is 2.06. The Morgan fingerprint density at radius 1 is 1.37 bits per heavy atom. The molecular weight excluding hydrogens is 289 g/mol. The highest BCUT2D eigenvalue weighted by molar-refractivity contribution is 6.34. The number of benzene rings is 1. The molecular formula is C12H13Cl2N3O2. The lowest BCUT2D eigenvalue weighted by atomic mass is 10.1. The van der Waals surface area contributed by atoms with Crippen molar-refractivity contribution in [1.82, 2.24) is 10.1 Å². The predicted molar refractivity (Wildman–Crippen MR) is 72.3 cm³/mol. The second-order valence-corrected chi connectivity index (χ2v) is 5.44. The molecule has 0 fully saturated rings. The highest BCUT2D eigenvalue weighted by Gasteiger charge is 2.21. The summed E-state index contributed by atoms with van der Waals surface area (Å²) < 4.78 is 10.5. The second-order valence-electron chi connectivity index (χ2n) is 4.60. The molecule has 102 valence electrons. The zero-order valence-electron chi connectivity index (χ0n) is 10.5. The topological polar surface area (TPSA) is 74.2 Å². The van der Waals surface area contributed by atoms with Crippen LogP contribution in [-0.2, 0) is 12.1 Å². The minimum Gasteiger partial charge on any atom is -0.482 e. The standard InChI is InChI=1S/C12H13Cl2N3O2/c1-12(2,15)11-16-10(19-17-11)6-18-9-5-7(13)3-4-8(9)14/h3-5H,6,15H2,1-2H3. The van der Waals surface area contributed by atoms with Gasteiger partial charge >= 0.3 is 0 Å². The fourth-order valence-electron chi connectivity index (χ4n) is 1.30. The SMILES string of the molecule is CC(C)(N)c1noc(COc2cc(Cl)ccc2Cl)n1. The summed E-state index contributed by atoms with van der Waals surface area (Å²) in [5, 5.41) is 4.79. The Hall–Kier alpha value is -1.30. The maximum Gasteiger partial charge on any atom is 0.264 e. The first kappa shape index (κ1) is 14.1. The Kier molecular flexibility index (Phi) is 3.99. The number of halogens is 2. The summed E-state index contributed by atoms with van der Waals surface area (Å²) >= 11 is 11.8.